The van der Waals surface area contributed by atoms with Crippen molar-refractivity contribution in [3.63, 3.8) is 0 Å². The quantitative estimate of drug-likeness (QED) is 0.724. The first-order valence-electron chi connectivity index (χ1n) is 6.58. The Hall–Kier alpha value is -0.0800. The summed E-state index contributed by atoms with van der Waals surface area (Å²) in [6, 6.07) is 0. The third kappa shape index (κ3) is 6.49. The fraction of sp³-hybridized carbons (Fsp3) is 1.00. The predicted molar refractivity (Wildman–Crippen MR) is 69.6 cm³/mol. The Labute approximate surface area is 101 Å². The summed E-state index contributed by atoms with van der Waals surface area (Å²) in [5, 5.41) is 10.2. The van der Waals surface area contributed by atoms with Crippen LogP contribution in [0.4, 0.5) is 0 Å². The third-order valence-corrected chi connectivity index (χ3v) is 2.83. The standard InChI is InChI=1S/C14H30O2/c1-7-16-13(14(4,5)6)12(15)10-8-9-11(2)3/h11-13,15H,7-10H2,1-6H3. The van der Waals surface area contributed by atoms with Crippen molar-refractivity contribution in [1.29, 1.82) is 0 Å². The summed E-state index contributed by atoms with van der Waals surface area (Å²) < 4.78 is 5.68. The van der Waals surface area contributed by atoms with E-state index in [0.29, 0.717) is 12.5 Å². The van der Waals surface area contributed by atoms with Gasteiger partial charge >= 0.3 is 0 Å². The van der Waals surface area contributed by atoms with Crippen LogP contribution in [0.1, 0.15) is 60.8 Å². The first-order valence-corrected chi connectivity index (χ1v) is 6.58. The highest BCUT2D eigenvalue weighted by Crippen LogP contribution is 2.27. The minimum Gasteiger partial charge on any atom is -0.390 e. The molecule has 0 radical (unpaired) electrons. The van der Waals surface area contributed by atoms with E-state index < -0.39 is 0 Å². The second-order valence-corrected chi connectivity index (χ2v) is 6.13. The third-order valence-electron chi connectivity index (χ3n) is 2.83. The highest BCUT2D eigenvalue weighted by atomic mass is 16.5. The fourth-order valence-electron chi connectivity index (χ4n) is 2.00. The number of aliphatic hydroxyl groups excluding tert-OH is 1. The average Bonchev–Trinajstić information content (AvgIpc) is 2.11. The predicted octanol–water partition coefficient (Wildman–Crippen LogP) is 3.62. The van der Waals surface area contributed by atoms with Crippen LogP contribution < -0.4 is 0 Å². The van der Waals surface area contributed by atoms with Crippen molar-refractivity contribution < 1.29 is 9.84 Å². The largest absolute Gasteiger partial charge is 0.390 e. The van der Waals surface area contributed by atoms with Gasteiger partial charge in [0.15, 0.2) is 0 Å². The molecule has 0 fully saturated rings. The van der Waals surface area contributed by atoms with Crippen LogP contribution in [0.2, 0.25) is 0 Å². The molecule has 0 bridgehead atoms. The van der Waals surface area contributed by atoms with Crippen LogP contribution in [0.15, 0.2) is 0 Å². The lowest BCUT2D eigenvalue weighted by molar-refractivity contribution is -0.0909. The second-order valence-electron chi connectivity index (χ2n) is 6.13. The van der Waals surface area contributed by atoms with Gasteiger partial charge in [-0.3, -0.25) is 0 Å². The molecule has 0 aromatic heterocycles. The lowest BCUT2D eigenvalue weighted by atomic mass is 9.84. The van der Waals surface area contributed by atoms with Crippen molar-refractivity contribution in [2.45, 2.75) is 73.0 Å². The topological polar surface area (TPSA) is 29.5 Å². The molecule has 0 heterocycles. The Bertz CT molecular complexity index is 170. The lowest BCUT2D eigenvalue weighted by Crippen LogP contribution is -2.40. The fourth-order valence-corrected chi connectivity index (χ4v) is 2.00. The Morgan fingerprint density at radius 2 is 1.69 bits per heavy atom. The van der Waals surface area contributed by atoms with Gasteiger partial charge in [0.05, 0.1) is 12.2 Å². The van der Waals surface area contributed by atoms with E-state index in [2.05, 4.69) is 34.6 Å². The molecule has 0 aromatic rings. The van der Waals surface area contributed by atoms with Crippen LogP contribution in [-0.2, 0) is 4.74 Å². The Kier molecular flexibility index (Phi) is 7.25. The van der Waals surface area contributed by atoms with E-state index in [0.717, 1.165) is 12.8 Å². The molecule has 98 valence electrons. The maximum atomic E-state index is 10.2. The summed E-state index contributed by atoms with van der Waals surface area (Å²) >= 11 is 0. The second kappa shape index (κ2) is 7.29. The molecular formula is C14H30O2. The normalized spacial score (nSPS) is 16.5. The van der Waals surface area contributed by atoms with Gasteiger partial charge in [-0.2, -0.15) is 0 Å². The smallest absolute Gasteiger partial charge is 0.0881 e. The Morgan fingerprint density at radius 1 is 1.12 bits per heavy atom. The van der Waals surface area contributed by atoms with Gasteiger partial charge in [-0.25, -0.2) is 0 Å². The van der Waals surface area contributed by atoms with E-state index in [1.54, 1.807) is 0 Å². The molecule has 2 unspecified atom stereocenters. The van der Waals surface area contributed by atoms with Crippen molar-refractivity contribution in [3.05, 3.63) is 0 Å². The number of hydrogen-bond donors (Lipinski definition) is 1. The van der Waals surface area contributed by atoms with E-state index in [1.807, 2.05) is 6.92 Å². The van der Waals surface area contributed by atoms with Crippen LogP contribution in [0.5, 0.6) is 0 Å². The number of rotatable bonds is 7. The van der Waals surface area contributed by atoms with Crippen LogP contribution in [-0.4, -0.2) is 23.9 Å². The first-order chi connectivity index (χ1) is 7.29. The summed E-state index contributed by atoms with van der Waals surface area (Å²) in [5.74, 6) is 0.715. The van der Waals surface area contributed by atoms with Crippen LogP contribution >= 0.6 is 0 Å². The molecule has 2 atom stereocenters. The van der Waals surface area contributed by atoms with Crippen molar-refractivity contribution in [3.8, 4) is 0 Å². The molecule has 0 amide bonds. The maximum absolute atomic E-state index is 10.2. The van der Waals surface area contributed by atoms with Crippen LogP contribution in [0.25, 0.3) is 0 Å². The minimum atomic E-state index is -0.335. The number of aliphatic hydroxyl groups is 1. The number of hydrogen-bond acceptors (Lipinski definition) is 2. The molecule has 0 rings (SSSR count). The molecule has 16 heavy (non-hydrogen) atoms. The van der Waals surface area contributed by atoms with Crippen LogP contribution in [0.3, 0.4) is 0 Å². The molecule has 0 spiro atoms. The molecule has 0 aliphatic heterocycles. The van der Waals surface area contributed by atoms with Crippen molar-refractivity contribution in [2.24, 2.45) is 11.3 Å². The molecule has 0 aliphatic carbocycles. The van der Waals surface area contributed by atoms with E-state index in [4.69, 9.17) is 4.74 Å². The van der Waals surface area contributed by atoms with Gasteiger partial charge in [0.25, 0.3) is 0 Å². The zero-order valence-corrected chi connectivity index (χ0v) is 11.9. The van der Waals surface area contributed by atoms with Crippen molar-refractivity contribution in [2.75, 3.05) is 6.61 Å². The molecule has 2 heteroatoms. The summed E-state index contributed by atoms with van der Waals surface area (Å²) in [6.45, 7) is 13.5. The zero-order chi connectivity index (χ0) is 12.8. The molecule has 1 N–H and O–H groups in total. The summed E-state index contributed by atoms with van der Waals surface area (Å²) in [4.78, 5) is 0. The van der Waals surface area contributed by atoms with E-state index in [-0.39, 0.29) is 17.6 Å². The summed E-state index contributed by atoms with van der Waals surface area (Å²) in [7, 11) is 0. The SMILES string of the molecule is CCOC(C(O)CCCC(C)C)C(C)(C)C. The Morgan fingerprint density at radius 3 is 2.06 bits per heavy atom. The number of ether oxygens (including phenoxy) is 1. The molecule has 2 nitrogen and oxygen atoms in total. The molecule has 0 saturated heterocycles. The van der Waals surface area contributed by atoms with Gasteiger partial charge in [-0.15, -0.1) is 0 Å². The van der Waals surface area contributed by atoms with Gasteiger partial charge in [0.2, 0.25) is 0 Å². The maximum Gasteiger partial charge on any atom is 0.0881 e. The average molecular weight is 230 g/mol. The van der Waals surface area contributed by atoms with E-state index in [1.165, 1.54) is 6.42 Å². The van der Waals surface area contributed by atoms with E-state index in [9.17, 15) is 5.11 Å². The van der Waals surface area contributed by atoms with Crippen molar-refractivity contribution >= 4 is 0 Å². The van der Waals surface area contributed by atoms with Gasteiger partial charge in [-0.05, 0) is 24.7 Å². The monoisotopic (exact) mass is 230 g/mol. The van der Waals surface area contributed by atoms with Gasteiger partial charge in [-0.1, -0.05) is 47.5 Å². The molecule has 0 aromatic carbocycles. The van der Waals surface area contributed by atoms with Gasteiger partial charge in [0, 0.05) is 6.61 Å². The molecular weight excluding hydrogens is 200 g/mol. The Balaban J connectivity index is 4.12. The molecule has 0 aliphatic rings. The van der Waals surface area contributed by atoms with Gasteiger partial charge < -0.3 is 9.84 Å². The molecule has 0 saturated carbocycles. The van der Waals surface area contributed by atoms with Gasteiger partial charge in [0.1, 0.15) is 0 Å². The highest BCUT2D eigenvalue weighted by Gasteiger charge is 2.31. The van der Waals surface area contributed by atoms with Crippen molar-refractivity contribution in [1.82, 2.24) is 0 Å². The highest BCUT2D eigenvalue weighted by molar-refractivity contribution is 4.81. The first kappa shape index (κ1) is 15.9. The summed E-state index contributed by atoms with van der Waals surface area (Å²) in [5.41, 5.74) is 0.00720. The lowest BCUT2D eigenvalue weighted by Gasteiger charge is -2.34. The van der Waals surface area contributed by atoms with E-state index >= 15 is 0 Å². The zero-order valence-electron chi connectivity index (χ0n) is 11.9. The summed E-state index contributed by atoms with van der Waals surface area (Å²) in [6.07, 6.45) is 2.72. The van der Waals surface area contributed by atoms with Crippen LogP contribution in [0, 0.1) is 11.3 Å². The minimum absolute atomic E-state index is 0.00720.